The van der Waals surface area contributed by atoms with Gasteiger partial charge in [-0.3, -0.25) is 14.5 Å². The first-order chi connectivity index (χ1) is 18.0. The molecule has 2 aliphatic heterocycles. The molecule has 1 saturated heterocycles. The number of carbonyl (C=O) groups excluding carboxylic acids is 2. The van der Waals surface area contributed by atoms with E-state index in [1.807, 2.05) is 114 Å². The van der Waals surface area contributed by atoms with E-state index in [0.717, 1.165) is 22.5 Å². The van der Waals surface area contributed by atoms with Gasteiger partial charge in [0.05, 0.1) is 15.5 Å². The van der Waals surface area contributed by atoms with Gasteiger partial charge in [0.2, 0.25) is 10.1 Å². The number of rotatable bonds is 5. The van der Waals surface area contributed by atoms with Crippen molar-refractivity contribution in [1.82, 2.24) is 0 Å². The molecule has 4 aromatic rings. The van der Waals surface area contributed by atoms with Crippen molar-refractivity contribution in [3.8, 4) is 0 Å². The molecule has 3 aromatic carbocycles. The second kappa shape index (κ2) is 9.70. The van der Waals surface area contributed by atoms with Gasteiger partial charge in [-0.1, -0.05) is 84.1 Å². The van der Waals surface area contributed by atoms with Crippen molar-refractivity contribution in [2.24, 2.45) is 5.10 Å². The van der Waals surface area contributed by atoms with Gasteiger partial charge in [-0.15, -0.1) is 11.3 Å². The number of benzene rings is 3. The molecule has 1 fully saturated rings. The van der Waals surface area contributed by atoms with Gasteiger partial charge in [-0.05, 0) is 66.0 Å². The first-order valence-corrected chi connectivity index (χ1v) is 14.1. The molecule has 0 aliphatic carbocycles. The zero-order valence-corrected chi connectivity index (χ0v) is 22.2. The average Bonchev–Trinajstić information content (AvgIpc) is 3.65. The standard InChI is InChI=1S/C29H21N3O2S3/c1-20-14-16-21(17-15-20)19-25-28(34)31(22-9-4-2-5-10-22)29(36-25)32(23-11-6-3-7-12-23)30-27(37-29)26(33)24-13-8-18-35-24/h2-19H,1H3/b25-19+/t29-/m1/s1. The number of hydrazone groups is 1. The zero-order valence-electron chi connectivity index (χ0n) is 19.8. The van der Waals surface area contributed by atoms with E-state index in [4.69, 9.17) is 5.10 Å². The van der Waals surface area contributed by atoms with Crippen molar-refractivity contribution in [2.75, 3.05) is 9.91 Å². The van der Waals surface area contributed by atoms with Gasteiger partial charge in [-0.2, -0.15) is 5.10 Å². The Morgan fingerprint density at radius 2 is 1.51 bits per heavy atom. The van der Waals surface area contributed by atoms with Crippen LogP contribution in [0.3, 0.4) is 0 Å². The number of amides is 1. The third-order valence-electron chi connectivity index (χ3n) is 5.96. The van der Waals surface area contributed by atoms with Crippen molar-refractivity contribution in [2.45, 2.75) is 11.3 Å². The number of nitrogens with zero attached hydrogens (tertiary/aromatic N) is 3. The van der Waals surface area contributed by atoms with E-state index in [2.05, 4.69) is 0 Å². The Morgan fingerprint density at radius 3 is 2.16 bits per heavy atom. The van der Waals surface area contributed by atoms with E-state index in [1.54, 1.807) is 11.0 Å². The molecule has 1 amide bonds. The van der Waals surface area contributed by atoms with Crippen LogP contribution >= 0.6 is 34.9 Å². The molecule has 1 aromatic heterocycles. The third-order valence-corrected chi connectivity index (χ3v) is 9.54. The minimum Gasteiger partial charge on any atom is -0.285 e. The molecule has 8 heteroatoms. The number of thioether (sulfide) groups is 2. The van der Waals surface area contributed by atoms with Crippen LogP contribution < -0.4 is 9.91 Å². The Kier molecular flexibility index (Phi) is 6.24. The molecule has 5 nitrogen and oxygen atoms in total. The highest BCUT2D eigenvalue weighted by Gasteiger charge is 2.60. The molecular weight excluding hydrogens is 519 g/mol. The summed E-state index contributed by atoms with van der Waals surface area (Å²) < 4.78 is -1.04. The summed E-state index contributed by atoms with van der Waals surface area (Å²) in [5, 5.41) is 8.88. The summed E-state index contributed by atoms with van der Waals surface area (Å²) in [7, 11) is 0. The number of thiophene rings is 1. The number of ketones is 1. The lowest BCUT2D eigenvalue weighted by Crippen LogP contribution is -2.51. The fourth-order valence-electron chi connectivity index (χ4n) is 4.18. The maximum Gasteiger partial charge on any atom is 0.268 e. The maximum absolute atomic E-state index is 14.1. The smallest absolute Gasteiger partial charge is 0.268 e. The number of hydrogen-bond acceptors (Lipinski definition) is 7. The second-order valence-corrected chi connectivity index (χ2v) is 12.1. The summed E-state index contributed by atoms with van der Waals surface area (Å²) in [4.78, 5) is 30.5. The van der Waals surface area contributed by atoms with Crippen molar-refractivity contribution >= 4 is 69.0 Å². The van der Waals surface area contributed by atoms with Crippen LogP contribution in [0.15, 0.2) is 112 Å². The molecule has 6 rings (SSSR count). The molecule has 182 valence electrons. The van der Waals surface area contributed by atoms with E-state index in [1.165, 1.54) is 34.9 Å². The highest BCUT2D eigenvalue weighted by atomic mass is 32.2. The lowest BCUT2D eigenvalue weighted by molar-refractivity contribution is -0.114. The number of hydrogen-bond donors (Lipinski definition) is 0. The van der Waals surface area contributed by atoms with E-state index in [-0.39, 0.29) is 11.7 Å². The van der Waals surface area contributed by atoms with E-state index in [9.17, 15) is 9.59 Å². The summed E-state index contributed by atoms with van der Waals surface area (Å²) >= 11 is 4.11. The normalized spacial score (nSPS) is 20.2. The number of aryl methyl sites for hydroxylation is 1. The third kappa shape index (κ3) is 4.31. The first-order valence-electron chi connectivity index (χ1n) is 11.6. The Balaban J connectivity index is 1.51. The van der Waals surface area contributed by atoms with Gasteiger partial charge in [0.1, 0.15) is 0 Å². The van der Waals surface area contributed by atoms with Crippen LogP contribution in [0.1, 0.15) is 20.8 Å². The highest BCUT2D eigenvalue weighted by molar-refractivity contribution is 8.29. The van der Waals surface area contributed by atoms with E-state index in [0.29, 0.717) is 14.8 Å². The first kappa shape index (κ1) is 23.8. The molecule has 0 unspecified atom stereocenters. The van der Waals surface area contributed by atoms with Crippen LogP contribution in [0.4, 0.5) is 11.4 Å². The average molecular weight is 540 g/mol. The number of para-hydroxylation sites is 2. The minimum absolute atomic E-state index is 0.134. The number of Topliss-reactive ketones (excluding diaryl/α,β-unsaturated/α-hetero) is 1. The van der Waals surface area contributed by atoms with Gasteiger partial charge in [-0.25, -0.2) is 5.01 Å². The molecule has 0 bridgehead atoms. The molecule has 37 heavy (non-hydrogen) atoms. The summed E-state index contributed by atoms with van der Waals surface area (Å²) in [6.07, 6.45) is 1.92. The Bertz CT molecular complexity index is 1520. The number of anilines is 2. The summed E-state index contributed by atoms with van der Waals surface area (Å²) in [5.41, 5.74) is 3.63. The predicted octanol–water partition coefficient (Wildman–Crippen LogP) is 7.24. The molecule has 0 radical (unpaired) electrons. The van der Waals surface area contributed by atoms with Crippen LogP contribution in [0, 0.1) is 6.92 Å². The van der Waals surface area contributed by atoms with E-state index < -0.39 is 4.33 Å². The van der Waals surface area contributed by atoms with E-state index >= 15 is 0 Å². The molecular formula is C29H21N3O2S3. The van der Waals surface area contributed by atoms with Crippen LogP contribution in [0.5, 0.6) is 0 Å². The maximum atomic E-state index is 14.1. The monoisotopic (exact) mass is 539 g/mol. The summed E-state index contributed by atoms with van der Waals surface area (Å²) in [6, 6.07) is 31.0. The minimum atomic E-state index is -1.04. The molecule has 0 N–H and O–H groups in total. The van der Waals surface area contributed by atoms with Crippen LogP contribution in [-0.2, 0) is 4.79 Å². The van der Waals surface area contributed by atoms with Crippen molar-refractivity contribution < 1.29 is 9.59 Å². The van der Waals surface area contributed by atoms with Crippen LogP contribution in [-0.4, -0.2) is 21.1 Å². The van der Waals surface area contributed by atoms with Crippen molar-refractivity contribution in [3.05, 3.63) is 123 Å². The summed E-state index contributed by atoms with van der Waals surface area (Å²) in [5.74, 6) is -0.278. The molecule has 2 aliphatic rings. The lowest BCUT2D eigenvalue weighted by atomic mass is 10.1. The van der Waals surface area contributed by atoms with Crippen molar-refractivity contribution in [1.29, 1.82) is 0 Å². The number of carbonyl (C=O) groups is 2. The fourth-order valence-corrected chi connectivity index (χ4v) is 7.84. The Labute approximate surface area is 227 Å². The lowest BCUT2D eigenvalue weighted by Gasteiger charge is -2.38. The largest absolute Gasteiger partial charge is 0.285 e. The zero-order chi connectivity index (χ0) is 25.4. The fraction of sp³-hybridized carbons (Fsp3) is 0.0690. The van der Waals surface area contributed by atoms with Gasteiger partial charge in [0.15, 0.2) is 5.04 Å². The molecule has 1 atom stereocenters. The molecule has 0 saturated carbocycles. The topological polar surface area (TPSA) is 53.0 Å². The van der Waals surface area contributed by atoms with Gasteiger partial charge < -0.3 is 0 Å². The highest BCUT2D eigenvalue weighted by Crippen LogP contribution is 2.59. The quantitative estimate of drug-likeness (QED) is 0.198. The van der Waals surface area contributed by atoms with Crippen LogP contribution in [0.2, 0.25) is 0 Å². The Morgan fingerprint density at radius 1 is 0.838 bits per heavy atom. The van der Waals surface area contributed by atoms with Gasteiger partial charge in [0.25, 0.3) is 5.91 Å². The molecule has 1 spiro atoms. The van der Waals surface area contributed by atoms with Gasteiger partial charge >= 0.3 is 0 Å². The molecule has 3 heterocycles. The second-order valence-electron chi connectivity index (χ2n) is 8.51. The predicted molar refractivity (Wildman–Crippen MR) is 156 cm³/mol. The van der Waals surface area contributed by atoms with Gasteiger partial charge in [0, 0.05) is 5.69 Å². The van der Waals surface area contributed by atoms with Crippen molar-refractivity contribution in [3.63, 3.8) is 0 Å². The summed E-state index contributed by atoms with van der Waals surface area (Å²) in [6.45, 7) is 2.04. The van der Waals surface area contributed by atoms with Crippen LogP contribution in [0.25, 0.3) is 6.08 Å². The SMILES string of the molecule is Cc1ccc(/C=C2/S[C@@]3(SC(C(=O)c4cccs4)=NN3c3ccccc3)N(c3ccccc3)C2=O)cc1. The Hall–Kier alpha value is -3.59.